The molecule has 1 amide bonds. The first-order chi connectivity index (χ1) is 14.8. The molecule has 0 spiro atoms. The minimum absolute atomic E-state index is 0.0477. The van der Waals surface area contributed by atoms with Crippen molar-refractivity contribution < 1.29 is 18.7 Å². The molecule has 7 nitrogen and oxygen atoms in total. The molecule has 10 heteroatoms. The Kier molecular flexibility index (Phi) is 7.64. The first-order valence-corrected chi connectivity index (χ1v) is 10.7. The van der Waals surface area contributed by atoms with Crippen molar-refractivity contribution >= 4 is 35.2 Å². The SMILES string of the molecule is Cc1ccc(-n2cnnc2SCC(=O)OC(C)C(=O)NCc2ccc(F)cc2)cc1Cl. The molecule has 0 bridgehead atoms. The quantitative estimate of drug-likeness (QED) is 0.405. The van der Waals surface area contributed by atoms with Gasteiger partial charge >= 0.3 is 5.97 Å². The average Bonchev–Trinajstić information content (AvgIpc) is 3.22. The van der Waals surface area contributed by atoms with Crippen molar-refractivity contribution in [2.24, 2.45) is 0 Å². The van der Waals surface area contributed by atoms with Gasteiger partial charge in [0.1, 0.15) is 12.1 Å². The fourth-order valence-electron chi connectivity index (χ4n) is 2.57. The number of amides is 1. The molecule has 1 unspecified atom stereocenters. The Labute approximate surface area is 188 Å². The first-order valence-electron chi connectivity index (χ1n) is 9.34. The van der Waals surface area contributed by atoms with Crippen LogP contribution in [0.4, 0.5) is 4.39 Å². The highest BCUT2D eigenvalue weighted by Gasteiger charge is 2.19. The Balaban J connectivity index is 1.50. The lowest BCUT2D eigenvalue weighted by atomic mass is 10.2. The highest BCUT2D eigenvalue weighted by molar-refractivity contribution is 7.99. The summed E-state index contributed by atoms with van der Waals surface area (Å²) in [5.74, 6) is -1.41. The van der Waals surface area contributed by atoms with Crippen LogP contribution in [-0.4, -0.2) is 38.5 Å². The summed E-state index contributed by atoms with van der Waals surface area (Å²) in [6, 6.07) is 11.3. The van der Waals surface area contributed by atoms with Gasteiger partial charge < -0.3 is 10.1 Å². The van der Waals surface area contributed by atoms with E-state index in [2.05, 4.69) is 15.5 Å². The van der Waals surface area contributed by atoms with Crippen LogP contribution in [0, 0.1) is 12.7 Å². The number of aromatic nitrogens is 3. The first kappa shape index (κ1) is 22.8. The van der Waals surface area contributed by atoms with Crippen LogP contribution in [0.25, 0.3) is 5.69 Å². The summed E-state index contributed by atoms with van der Waals surface area (Å²) in [7, 11) is 0. The molecule has 2 aromatic carbocycles. The van der Waals surface area contributed by atoms with E-state index in [1.54, 1.807) is 22.8 Å². The fourth-order valence-corrected chi connectivity index (χ4v) is 3.46. The van der Waals surface area contributed by atoms with Crippen molar-refractivity contribution in [2.75, 3.05) is 5.75 Å². The third-order valence-electron chi connectivity index (χ3n) is 4.33. The molecule has 1 heterocycles. The zero-order valence-corrected chi connectivity index (χ0v) is 18.4. The topological polar surface area (TPSA) is 86.1 Å². The number of hydrogen-bond donors (Lipinski definition) is 1. The van der Waals surface area contributed by atoms with Crippen molar-refractivity contribution in [3.05, 3.63) is 70.8 Å². The molecule has 31 heavy (non-hydrogen) atoms. The van der Waals surface area contributed by atoms with Gasteiger partial charge in [0.2, 0.25) is 0 Å². The average molecular weight is 463 g/mol. The molecule has 0 radical (unpaired) electrons. The molecular weight excluding hydrogens is 443 g/mol. The van der Waals surface area contributed by atoms with E-state index >= 15 is 0 Å². The minimum Gasteiger partial charge on any atom is -0.452 e. The molecule has 1 N–H and O–H groups in total. The number of hydrogen-bond acceptors (Lipinski definition) is 6. The van der Waals surface area contributed by atoms with Gasteiger partial charge in [-0.05, 0) is 49.2 Å². The molecule has 0 aliphatic rings. The van der Waals surface area contributed by atoms with E-state index in [1.165, 1.54) is 25.4 Å². The predicted molar refractivity (Wildman–Crippen MR) is 116 cm³/mol. The number of thioether (sulfide) groups is 1. The molecule has 0 aliphatic heterocycles. The summed E-state index contributed by atoms with van der Waals surface area (Å²) in [6.07, 6.45) is 0.558. The number of carbonyl (C=O) groups is 2. The number of esters is 1. The standard InChI is InChI=1S/C21H20ClFN4O3S/c1-13-3-8-17(9-18(13)22)27-12-25-26-21(27)31-11-19(28)30-14(2)20(29)24-10-15-4-6-16(23)7-5-15/h3-9,12,14H,10-11H2,1-2H3,(H,24,29). The lowest BCUT2D eigenvalue weighted by molar-refractivity contribution is -0.152. The van der Waals surface area contributed by atoms with Gasteiger partial charge in [-0.25, -0.2) is 4.39 Å². The molecule has 3 rings (SSSR count). The summed E-state index contributed by atoms with van der Waals surface area (Å²) in [6.45, 7) is 3.60. The summed E-state index contributed by atoms with van der Waals surface area (Å²) in [5, 5.41) is 11.7. The molecule has 1 atom stereocenters. The molecule has 0 fully saturated rings. The number of ether oxygens (including phenoxy) is 1. The molecule has 0 saturated carbocycles. The normalized spacial score (nSPS) is 11.7. The van der Waals surface area contributed by atoms with Gasteiger partial charge in [-0.15, -0.1) is 10.2 Å². The number of nitrogens with one attached hydrogen (secondary N) is 1. The highest BCUT2D eigenvalue weighted by Crippen LogP contribution is 2.23. The number of aryl methyl sites for hydroxylation is 1. The summed E-state index contributed by atoms with van der Waals surface area (Å²) in [5.41, 5.74) is 2.45. The zero-order valence-electron chi connectivity index (χ0n) is 16.8. The van der Waals surface area contributed by atoms with Gasteiger partial charge in [-0.2, -0.15) is 0 Å². The van der Waals surface area contributed by atoms with Gasteiger partial charge in [0.05, 0.1) is 11.4 Å². The van der Waals surface area contributed by atoms with Crippen molar-refractivity contribution in [1.82, 2.24) is 20.1 Å². The second kappa shape index (κ2) is 10.4. The molecule has 162 valence electrons. The Morgan fingerprint density at radius 2 is 2.00 bits per heavy atom. The van der Waals surface area contributed by atoms with Gasteiger partial charge in [0, 0.05) is 11.6 Å². The maximum Gasteiger partial charge on any atom is 0.317 e. The number of halogens is 2. The fraction of sp³-hybridized carbons (Fsp3) is 0.238. The zero-order chi connectivity index (χ0) is 22.4. The lowest BCUT2D eigenvalue weighted by Gasteiger charge is -2.13. The van der Waals surface area contributed by atoms with Gasteiger partial charge in [-0.3, -0.25) is 14.2 Å². The second-order valence-corrected chi connectivity index (χ2v) is 8.03. The second-order valence-electron chi connectivity index (χ2n) is 6.68. The van der Waals surface area contributed by atoms with Crippen LogP contribution in [-0.2, 0) is 20.9 Å². The number of carbonyl (C=O) groups excluding carboxylic acids is 2. The third kappa shape index (κ3) is 6.28. The van der Waals surface area contributed by atoms with E-state index in [-0.39, 0.29) is 18.1 Å². The van der Waals surface area contributed by atoms with Gasteiger partial charge in [-0.1, -0.05) is 41.6 Å². The lowest BCUT2D eigenvalue weighted by Crippen LogP contribution is -2.35. The van der Waals surface area contributed by atoms with Crippen LogP contribution >= 0.6 is 23.4 Å². The monoisotopic (exact) mass is 462 g/mol. The molecule has 0 saturated heterocycles. The molecule has 3 aromatic rings. The highest BCUT2D eigenvalue weighted by atomic mass is 35.5. The van der Waals surface area contributed by atoms with Crippen LogP contribution in [0.2, 0.25) is 5.02 Å². The van der Waals surface area contributed by atoms with Crippen LogP contribution in [0.5, 0.6) is 0 Å². The predicted octanol–water partition coefficient (Wildman–Crippen LogP) is 3.71. The smallest absolute Gasteiger partial charge is 0.317 e. The summed E-state index contributed by atoms with van der Waals surface area (Å²) < 4.78 is 19.8. The Hall–Kier alpha value is -2.91. The number of benzene rings is 2. The Bertz CT molecular complexity index is 1070. The van der Waals surface area contributed by atoms with Crippen LogP contribution in [0.3, 0.4) is 0 Å². The van der Waals surface area contributed by atoms with Crippen molar-refractivity contribution in [3.8, 4) is 5.69 Å². The van der Waals surface area contributed by atoms with E-state index in [0.29, 0.717) is 10.2 Å². The van der Waals surface area contributed by atoms with Crippen LogP contribution in [0.1, 0.15) is 18.1 Å². The van der Waals surface area contributed by atoms with E-state index in [1.807, 2.05) is 19.1 Å². The third-order valence-corrected chi connectivity index (χ3v) is 5.65. The number of nitrogens with zero attached hydrogens (tertiary/aromatic N) is 3. The van der Waals surface area contributed by atoms with Crippen LogP contribution in [0.15, 0.2) is 53.9 Å². The molecule has 1 aromatic heterocycles. The maximum atomic E-state index is 12.9. The maximum absolute atomic E-state index is 12.9. The molecule has 0 aliphatic carbocycles. The van der Waals surface area contributed by atoms with E-state index in [4.69, 9.17) is 16.3 Å². The van der Waals surface area contributed by atoms with Gasteiger partial charge in [0.15, 0.2) is 11.3 Å². The molecular formula is C21H20ClFN4O3S. The van der Waals surface area contributed by atoms with Crippen molar-refractivity contribution in [1.29, 1.82) is 0 Å². The van der Waals surface area contributed by atoms with Crippen molar-refractivity contribution in [2.45, 2.75) is 31.7 Å². The van der Waals surface area contributed by atoms with E-state index in [9.17, 15) is 14.0 Å². The largest absolute Gasteiger partial charge is 0.452 e. The Morgan fingerprint density at radius 3 is 2.71 bits per heavy atom. The van der Waals surface area contributed by atoms with Gasteiger partial charge in [0.25, 0.3) is 5.91 Å². The summed E-state index contributed by atoms with van der Waals surface area (Å²) >= 11 is 7.32. The van der Waals surface area contributed by atoms with Crippen LogP contribution < -0.4 is 5.32 Å². The van der Waals surface area contributed by atoms with Crippen molar-refractivity contribution in [3.63, 3.8) is 0 Å². The van der Waals surface area contributed by atoms with E-state index < -0.39 is 18.0 Å². The minimum atomic E-state index is -0.970. The Morgan fingerprint density at radius 1 is 1.26 bits per heavy atom. The van der Waals surface area contributed by atoms with E-state index in [0.717, 1.165) is 28.6 Å². The summed E-state index contributed by atoms with van der Waals surface area (Å²) in [4.78, 5) is 24.3. The number of rotatable bonds is 8.